The van der Waals surface area contributed by atoms with Gasteiger partial charge in [0.1, 0.15) is 0 Å². The van der Waals surface area contributed by atoms with E-state index in [1.165, 1.54) is 6.20 Å². The lowest BCUT2D eigenvalue weighted by molar-refractivity contribution is 0.342. The predicted molar refractivity (Wildman–Crippen MR) is 83.8 cm³/mol. The second-order valence-electron chi connectivity index (χ2n) is 5.29. The van der Waals surface area contributed by atoms with E-state index in [2.05, 4.69) is 26.8 Å². The minimum absolute atomic E-state index is 0.0807. The molecule has 0 aliphatic carbocycles. The third kappa shape index (κ3) is 4.15. The van der Waals surface area contributed by atoms with Gasteiger partial charge in [0.15, 0.2) is 5.03 Å². The van der Waals surface area contributed by atoms with Gasteiger partial charge in [-0.05, 0) is 44.5 Å². The summed E-state index contributed by atoms with van der Waals surface area (Å²) in [7, 11) is -3.57. The highest BCUT2D eigenvalue weighted by Crippen LogP contribution is 2.19. The quantitative estimate of drug-likeness (QED) is 0.789. The Bertz CT molecular complexity index is 562. The first-order valence-corrected chi connectivity index (χ1v) is 8.96. The fourth-order valence-corrected chi connectivity index (χ4v) is 3.81. The smallest absolute Gasteiger partial charge is 0.260 e. The predicted octanol–water partition coefficient (Wildman–Crippen LogP) is 1.13. The molecule has 0 bridgehead atoms. The van der Waals surface area contributed by atoms with Gasteiger partial charge in [0.25, 0.3) is 10.0 Å². The molecule has 6 nitrogen and oxygen atoms in total. The fraction of sp³-hybridized carbons (Fsp3) is 0.643. The number of nitrogens with zero attached hydrogens (tertiary/aromatic N) is 2. The molecule has 1 aliphatic rings. The van der Waals surface area contributed by atoms with E-state index in [4.69, 9.17) is 0 Å². The number of pyridine rings is 1. The van der Waals surface area contributed by atoms with Gasteiger partial charge >= 0.3 is 0 Å². The Balaban J connectivity index is 2.02. The zero-order chi connectivity index (χ0) is 15.3. The molecule has 2 N–H and O–H groups in total. The van der Waals surface area contributed by atoms with Crippen molar-refractivity contribution in [3.8, 4) is 0 Å². The van der Waals surface area contributed by atoms with Crippen LogP contribution in [0.1, 0.15) is 20.3 Å². The van der Waals surface area contributed by atoms with Gasteiger partial charge in [0, 0.05) is 25.8 Å². The maximum atomic E-state index is 12.4. The Kier molecular flexibility index (Phi) is 5.55. The number of aromatic nitrogens is 1. The van der Waals surface area contributed by atoms with Crippen molar-refractivity contribution in [2.24, 2.45) is 5.92 Å². The van der Waals surface area contributed by atoms with Crippen molar-refractivity contribution in [1.29, 1.82) is 0 Å². The molecule has 1 atom stereocenters. The number of sulfonamides is 1. The number of nitrogens with one attached hydrogen (secondary N) is 2. The van der Waals surface area contributed by atoms with Crippen molar-refractivity contribution in [2.45, 2.75) is 25.3 Å². The summed E-state index contributed by atoms with van der Waals surface area (Å²) in [5, 5.41) is 3.12. The molecule has 0 spiro atoms. The van der Waals surface area contributed by atoms with Crippen LogP contribution in [-0.4, -0.2) is 51.0 Å². The number of hydrogen-bond acceptors (Lipinski definition) is 5. The van der Waals surface area contributed by atoms with Crippen molar-refractivity contribution < 1.29 is 8.42 Å². The highest BCUT2D eigenvalue weighted by atomic mass is 32.2. The van der Waals surface area contributed by atoms with Crippen LogP contribution < -0.4 is 10.0 Å². The summed E-state index contributed by atoms with van der Waals surface area (Å²) in [5.41, 5.74) is 0.550. The second kappa shape index (κ2) is 7.20. The maximum Gasteiger partial charge on any atom is 0.260 e. The molecule has 2 rings (SSSR count). The summed E-state index contributed by atoms with van der Waals surface area (Å²) in [6, 6.07) is 3.46. The molecule has 1 aromatic heterocycles. The molecule has 0 saturated carbocycles. The van der Waals surface area contributed by atoms with Crippen molar-refractivity contribution in [3.05, 3.63) is 18.3 Å². The first kappa shape index (κ1) is 16.2. The molecular formula is C14H24N4O2S. The highest BCUT2D eigenvalue weighted by Gasteiger charge is 2.25. The Morgan fingerprint density at radius 3 is 2.90 bits per heavy atom. The number of rotatable bonds is 7. The van der Waals surface area contributed by atoms with Gasteiger partial charge in [0.2, 0.25) is 0 Å². The number of anilines is 1. The zero-order valence-electron chi connectivity index (χ0n) is 12.7. The molecule has 21 heavy (non-hydrogen) atoms. The average molecular weight is 312 g/mol. The zero-order valence-corrected chi connectivity index (χ0v) is 13.5. The van der Waals surface area contributed by atoms with Crippen LogP contribution in [0.2, 0.25) is 0 Å². The lowest BCUT2D eigenvalue weighted by atomic mass is 10.1. The molecule has 0 radical (unpaired) electrons. The molecule has 0 aromatic carbocycles. The summed E-state index contributed by atoms with van der Waals surface area (Å²) < 4.78 is 27.5. The first-order valence-electron chi connectivity index (χ1n) is 7.47. The SMILES string of the molecule is CCNc1cccnc1S(=O)(=O)NCC1CCN(CC)C1. The molecule has 7 heteroatoms. The van der Waals surface area contributed by atoms with Crippen molar-refractivity contribution in [3.63, 3.8) is 0 Å². The Morgan fingerprint density at radius 2 is 2.24 bits per heavy atom. The van der Waals surface area contributed by atoms with Crippen LogP contribution in [-0.2, 0) is 10.0 Å². The highest BCUT2D eigenvalue weighted by molar-refractivity contribution is 7.89. The summed E-state index contributed by atoms with van der Waals surface area (Å²) in [4.78, 5) is 6.36. The minimum Gasteiger partial charge on any atom is -0.383 e. The maximum absolute atomic E-state index is 12.4. The van der Waals surface area contributed by atoms with E-state index in [1.807, 2.05) is 6.92 Å². The molecule has 1 fully saturated rings. The lowest BCUT2D eigenvalue weighted by Crippen LogP contribution is -2.32. The van der Waals surface area contributed by atoms with E-state index in [0.29, 0.717) is 24.7 Å². The van der Waals surface area contributed by atoms with Crippen LogP contribution in [0, 0.1) is 5.92 Å². The van der Waals surface area contributed by atoms with Crippen LogP contribution in [0.25, 0.3) is 0 Å². The van der Waals surface area contributed by atoms with Crippen molar-refractivity contribution in [2.75, 3.05) is 38.0 Å². The monoisotopic (exact) mass is 312 g/mol. The topological polar surface area (TPSA) is 74.3 Å². The summed E-state index contributed by atoms with van der Waals surface area (Å²) in [6.45, 7) is 8.21. The molecule has 1 aromatic rings. The van der Waals surface area contributed by atoms with E-state index in [9.17, 15) is 8.42 Å². The van der Waals surface area contributed by atoms with Gasteiger partial charge in [-0.1, -0.05) is 6.92 Å². The molecule has 1 saturated heterocycles. The Hall–Kier alpha value is -1.18. The second-order valence-corrected chi connectivity index (χ2v) is 6.97. The van der Waals surface area contributed by atoms with Crippen molar-refractivity contribution in [1.82, 2.24) is 14.6 Å². The van der Waals surface area contributed by atoms with Gasteiger partial charge in [0.05, 0.1) is 5.69 Å². The summed E-state index contributed by atoms with van der Waals surface area (Å²) in [6.07, 6.45) is 2.54. The number of likely N-dealkylation sites (tertiary alicyclic amines) is 1. The molecule has 1 aliphatic heterocycles. The van der Waals surface area contributed by atoms with Gasteiger partial charge < -0.3 is 10.2 Å². The largest absolute Gasteiger partial charge is 0.383 e. The van der Waals surface area contributed by atoms with Crippen LogP contribution >= 0.6 is 0 Å². The minimum atomic E-state index is -3.57. The van der Waals surface area contributed by atoms with Gasteiger partial charge in [-0.2, -0.15) is 0 Å². The Labute approximate surface area is 127 Å². The Morgan fingerprint density at radius 1 is 1.43 bits per heavy atom. The first-order chi connectivity index (χ1) is 10.1. The molecule has 0 amide bonds. The van der Waals surface area contributed by atoms with Crippen LogP contribution in [0.5, 0.6) is 0 Å². The third-order valence-electron chi connectivity index (χ3n) is 3.77. The van der Waals surface area contributed by atoms with E-state index in [-0.39, 0.29) is 5.03 Å². The lowest BCUT2D eigenvalue weighted by Gasteiger charge is -2.15. The van der Waals surface area contributed by atoms with Crippen LogP contribution in [0.3, 0.4) is 0 Å². The molecule has 118 valence electrons. The molecule has 1 unspecified atom stereocenters. The summed E-state index contributed by atoms with van der Waals surface area (Å²) >= 11 is 0. The standard InChI is InChI=1S/C14H24N4O2S/c1-3-15-13-6-5-8-16-14(13)21(19,20)17-10-12-7-9-18(4-2)11-12/h5-6,8,12,15,17H,3-4,7,9-11H2,1-2H3. The fourth-order valence-electron chi connectivity index (χ4n) is 2.59. The van der Waals surface area contributed by atoms with Gasteiger partial charge in [-0.25, -0.2) is 18.1 Å². The van der Waals surface area contributed by atoms with E-state index in [0.717, 1.165) is 26.1 Å². The van der Waals surface area contributed by atoms with E-state index >= 15 is 0 Å². The van der Waals surface area contributed by atoms with E-state index in [1.54, 1.807) is 12.1 Å². The normalized spacial score (nSPS) is 19.8. The van der Waals surface area contributed by atoms with Crippen molar-refractivity contribution >= 4 is 15.7 Å². The third-order valence-corrected chi connectivity index (χ3v) is 5.15. The molecule has 2 heterocycles. The van der Waals surface area contributed by atoms with Gasteiger partial charge in [-0.15, -0.1) is 0 Å². The summed E-state index contributed by atoms with van der Waals surface area (Å²) in [5.74, 6) is 0.381. The van der Waals surface area contributed by atoms with E-state index < -0.39 is 10.0 Å². The van der Waals surface area contributed by atoms with Gasteiger partial charge in [-0.3, -0.25) is 0 Å². The molecular weight excluding hydrogens is 288 g/mol. The van der Waals surface area contributed by atoms with Crippen LogP contribution in [0.4, 0.5) is 5.69 Å². The number of hydrogen-bond donors (Lipinski definition) is 2. The van der Waals surface area contributed by atoms with Crippen LogP contribution in [0.15, 0.2) is 23.4 Å². The average Bonchev–Trinajstić information content (AvgIpc) is 2.94.